The highest BCUT2D eigenvalue weighted by molar-refractivity contribution is 5.43. The average molecular weight is 289 g/mol. The summed E-state index contributed by atoms with van der Waals surface area (Å²) in [5, 5.41) is 11.2. The van der Waals surface area contributed by atoms with E-state index in [1.54, 1.807) is 6.92 Å². The first-order valence-electron chi connectivity index (χ1n) is 7.21. The molecule has 0 aliphatic rings. The smallest absolute Gasteiger partial charge is 0.253 e. The van der Waals surface area contributed by atoms with E-state index in [1.807, 2.05) is 0 Å². The van der Waals surface area contributed by atoms with Crippen LogP contribution >= 0.6 is 0 Å². The summed E-state index contributed by atoms with van der Waals surface area (Å²) >= 11 is 0. The van der Waals surface area contributed by atoms with Gasteiger partial charge < -0.3 is 14.5 Å². The van der Waals surface area contributed by atoms with Crippen LogP contribution in [0.5, 0.6) is 5.75 Å². The molecule has 114 valence electrons. The van der Waals surface area contributed by atoms with E-state index >= 15 is 0 Å². The maximum atomic E-state index is 5.83. The Morgan fingerprint density at radius 1 is 1.14 bits per heavy atom. The summed E-state index contributed by atoms with van der Waals surface area (Å²) in [6, 6.07) is 4.77. The van der Waals surface area contributed by atoms with E-state index in [1.165, 1.54) is 5.56 Å². The highest BCUT2D eigenvalue weighted by Crippen LogP contribution is 2.25. The molecule has 0 spiro atoms. The Balaban J connectivity index is 2.06. The molecule has 5 heteroatoms. The molecule has 21 heavy (non-hydrogen) atoms. The van der Waals surface area contributed by atoms with Crippen molar-refractivity contribution in [2.75, 3.05) is 0 Å². The summed E-state index contributed by atoms with van der Waals surface area (Å²) in [6.45, 7) is 11.3. The van der Waals surface area contributed by atoms with Crippen LogP contribution in [0.4, 0.5) is 0 Å². The summed E-state index contributed by atoms with van der Waals surface area (Å²) in [5.41, 5.74) is 3.50. The van der Waals surface area contributed by atoms with Crippen molar-refractivity contribution in [1.29, 1.82) is 0 Å². The van der Waals surface area contributed by atoms with E-state index in [9.17, 15) is 0 Å². The van der Waals surface area contributed by atoms with Crippen LogP contribution in [0.1, 0.15) is 42.3 Å². The van der Waals surface area contributed by atoms with Crippen LogP contribution in [-0.4, -0.2) is 16.2 Å². The minimum atomic E-state index is 0.298. The van der Waals surface area contributed by atoms with E-state index in [0.29, 0.717) is 24.4 Å². The third-order valence-corrected chi connectivity index (χ3v) is 3.14. The predicted octanol–water partition coefficient (Wildman–Crippen LogP) is 3.07. The summed E-state index contributed by atoms with van der Waals surface area (Å²) in [4.78, 5) is 0. The lowest BCUT2D eigenvalue weighted by molar-refractivity contribution is 0.257. The van der Waals surface area contributed by atoms with Crippen LogP contribution in [0, 0.1) is 20.8 Å². The minimum Gasteiger partial charge on any atom is -0.483 e. The Morgan fingerprint density at radius 3 is 2.33 bits per heavy atom. The van der Waals surface area contributed by atoms with Gasteiger partial charge in [-0.25, -0.2) is 0 Å². The Kier molecular flexibility index (Phi) is 4.96. The molecule has 0 atom stereocenters. The molecule has 1 aromatic carbocycles. The molecule has 1 aromatic heterocycles. The van der Waals surface area contributed by atoms with Gasteiger partial charge in [-0.15, -0.1) is 10.2 Å². The van der Waals surface area contributed by atoms with Crippen molar-refractivity contribution in [3.63, 3.8) is 0 Å². The molecule has 0 fully saturated rings. The van der Waals surface area contributed by atoms with Crippen LogP contribution in [0.2, 0.25) is 0 Å². The molecule has 0 aliphatic carbocycles. The lowest BCUT2D eigenvalue weighted by atomic mass is 10.1. The zero-order valence-electron chi connectivity index (χ0n) is 13.4. The molecule has 0 aliphatic heterocycles. The molecule has 0 saturated heterocycles. The summed E-state index contributed by atoms with van der Waals surface area (Å²) in [5.74, 6) is 1.94. The maximum Gasteiger partial charge on any atom is 0.253 e. The summed E-state index contributed by atoms with van der Waals surface area (Å²) in [6.07, 6.45) is 0. The molecule has 2 rings (SSSR count). The first-order chi connectivity index (χ1) is 9.95. The van der Waals surface area contributed by atoms with Gasteiger partial charge in [-0.2, -0.15) is 0 Å². The fourth-order valence-electron chi connectivity index (χ4n) is 2.22. The van der Waals surface area contributed by atoms with Crippen LogP contribution < -0.4 is 10.1 Å². The standard InChI is InChI=1S/C16H23N3O2/c1-10(2)17-8-14-6-11(3)16(12(4)7-14)20-9-15-19-18-13(5)21-15/h6-7,10,17H,8-9H2,1-5H3. The van der Waals surface area contributed by atoms with Crippen LogP contribution in [0.3, 0.4) is 0 Å². The number of nitrogens with zero attached hydrogens (tertiary/aromatic N) is 2. The minimum absolute atomic E-state index is 0.298. The number of aryl methyl sites for hydroxylation is 3. The third kappa shape index (κ3) is 4.29. The van der Waals surface area contributed by atoms with Gasteiger partial charge in [0.05, 0.1) is 0 Å². The second kappa shape index (κ2) is 6.72. The fraction of sp³-hybridized carbons (Fsp3) is 0.500. The van der Waals surface area contributed by atoms with Gasteiger partial charge in [0.2, 0.25) is 5.89 Å². The predicted molar refractivity (Wildman–Crippen MR) is 81.3 cm³/mol. The van der Waals surface area contributed by atoms with Crippen LogP contribution in [0.15, 0.2) is 16.5 Å². The zero-order chi connectivity index (χ0) is 15.4. The Labute approximate surface area is 125 Å². The molecule has 0 amide bonds. The van der Waals surface area contributed by atoms with E-state index in [0.717, 1.165) is 23.4 Å². The number of ether oxygens (including phenoxy) is 1. The molecule has 0 saturated carbocycles. The molecule has 0 radical (unpaired) electrons. The van der Waals surface area contributed by atoms with Gasteiger partial charge in [0.25, 0.3) is 5.89 Å². The van der Waals surface area contributed by atoms with Gasteiger partial charge in [-0.3, -0.25) is 0 Å². The second-order valence-corrected chi connectivity index (χ2v) is 5.60. The van der Waals surface area contributed by atoms with E-state index < -0.39 is 0 Å². The summed E-state index contributed by atoms with van der Waals surface area (Å²) < 4.78 is 11.1. The molecule has 2 aromatic rings. The van der Waals surface area contributed by atoms with Crippen molar-refractivity contribution in [3.05, 3.63) is 40.6 Å². The second-order valence-electron chi connectivity index (χ2n) is 5.60. The molecular formula is C16H23N3O2. The molecule has 5 nitrogen and oxygen atoms in total. The Morgan fingerprint density at radius 2 is 1.81 bits per heavy atom. The van der Waals surface area contributed by atoms with Crippen molar-refractivity contribution in [1.82, 2.24) is 15.5 Å². The largest absolute Gasteiger partial charge is 0.483 e. The van der Waals surface area contributed by atoms with Crippen LogP contribution in [-0.2, 0) is 13.2 Å². The van der Waals surface area contributed by atoms with Gasteiger partial charge in [0.15, 0.2) is 6.61 Å². The summed E-state index contributed by atoms with van der Waals surface area (Å²) in [7, 11) is 0. The van der Waals surface area contributed by atoms with Gasteiger partial charge >= 0.3 is 0 Å². The van der Waals surface area contributed by atoms with Gasteiger partial charge in [0.1, 0.15) is 5.75 Å². The Bertz CT molecular complexity index is 582. The lowest BCUT2D eigenvalue weighted by Gasteiger charge is -2.14. The van der Waals surface area contributed by atoms with Crippen molar-refractivity contribution in [2.45, 2.75) is 53.8 Å². The highest BCUT2D eigenvalue weighted by Gasteiger charge is 2.09. The van der Waals surface area contributed by atoms with Gasteiger partial charge in [-0.05, 0) is 30.5 Å². The number of hydrogen-bond donors (Lipinski definition) is 1. The molecular weight excluding hydrogens is 266 g/mol. The monoisotopic (exact) mass is 289 g/mol. The maximum absolute atomic E-state index is 5.83. The van der Waals surface area contributed by atoms with Crippen molar-refractivity contribution >= 4 is 0 Å². The third-order valence-electron chi connectivity index (χ3n) is 3.14. The topological polar surface area (TPSA) is 60.2 Å². The van der Waals surface area contributed by atoms with E-state index in [4.69, 9.17) is 9.15 Å². The number of benzene rings is 1. The Hall–Kier alpha value is -1.88. The lowest BCUT2D eigenvalue weighted by Crippen LogP contribution is -2.21. The van der Waals surface area contributed by atoms with Crippen molar-refractivity contribution in [3.8, 4) is 5.75 Å². The normalized spacial score (nSPS) is 11.1. The quantitative estimate of drug-likeness (QED) is 0.885. The molecule has 0 unspecified atom stereocenters. The molecule has 1 heterocycles. The number of nitrogens with one attached hydrogen (secondary N) is 1. The van der Waals surface area contributed by atoms with Gasteiger partial charge in [-0.1, -0.05) is 26.0 Å². The van der Waals surface area contributed by atoms with Crippen molar-refractivity contribution in [2.24, 2.45) is 0 Å². The van der Waals surface area contributed by atoms with Crippen LogP contribution in [0.25, 0.3) is 0 Å². The first kappa shape index (κ1) is 15.5. The first-order valence-corrected chi connectivity index (χ1v) is 7.21. The van der Waals surface area contributed by atoms with E-state index in [-0.39, 0.29) is 0 Å². The zero-order valence-corrected chi connectivity index (χ0v) is 13.4. The van der Waals surface area contributed by atoms with Gasteiger partial charge in [0, 0.05) is 19.5 Å². The molecule has 0 bridgehead atoms. The molecule has 1 N–H and O–H groups in total. The highest BCUT2D eigenvalue weighted by atomic mass is 16.5. The number of hydrogen-bond acceptors (Lipinski definition) is 5. The van der Waals surface area contributed by atoms with E-state index in [2.05, 4.69) is 55.3 Å². The fourth-order valence-corrected chi connectivity index (χ4v) is 2.22. The number of rotatable bonds is 6. The number of aromatic nitrogens is 2. The average Bonchev–Trinajstić information content (AvgIpc) is 2.81. The van der Waals surface area contributed by atoms with Crippen molar-refractivity contribution < 1.29 is 9.15 Å². The SMILES string of the molecule is Cc1nnc(COc2c(C)cc(CNC(C)C)cc2C)o1.